The lowest BCUT2D eigenvalue weighted by molar-refractivity contribution is 0.168. The lowest BCUT2D eigenvalue weighted by Crippen LogP contribution is -2.31. The molecule has 0 aliphatic rings. The highest BCUT2D eigenvalue weighted by molar-refractivity contribution is 5.38. The summed E-state index contributed by atoms with van der Waals surface area (Å²) >= 11 is 0. The molecule has 0 spiro atoms. The van der Waals surface area contributed by atoms with E-state index in [1.807, 2.05) is 24.3 Å². The Labute approximate surface area is 127 Å². The first-order chi connectivity index (χ1) is 10.3. The average Bonchev–Trinajstić information content (AvgIpc) is 2.49. The molecule has 1 aromatic rings. The van der Waals surface area contributed by atoms with Gasteiger partial charge in [-0.25, -0.2) is 0 Å². The fourth-order valence-corrected chi connectivity index (χ4v) is 1.94. The Kier molecular flexibility index (Phi) is 9.30. The van der Waals surface area contributed by atoms with E-state index in [9.17, 15) is 0 Å². The van der Waals surface area contributed by atoms with Gasteiger partial charge in [-0.1, -0.05) is 18.8 Å². The highest BCUT2D eigenvalue weighted by Crippen LogP contribution is 2.11. The second-order valence-corrected chi connectivity index (χ2v) is 4.71. The van der Waals surface area contributed by atoms with Crippen LogP contribution in [-0.4, -0.2) is 54.6 Å². The summed E-state index contributed by atoms with van der Waals surface area (Å²) in [7, 11) is 0. The fourth-order valence-electron chi connectivity index (χ4n) is 1.94. The van der Waals surface area contributed by atoms with Crippen LogP contribution in [0, 0.1) is 11.8 Å². The van der Waals surface area contributed by atoms with Gasteiger partial charge in [-0.05, 0) is 37.2 Å². The highest BCUT2D eigenvalue weighted by atomic mass is 16.5. The summed E-state index contributed by atoms with van der Waals surface area (Å²) in [6.45, 7) is 5.49. The summed E-state index contributed by atoms with van der Waals surface area (Å²) in [4.78, 5) is 2.19. The van der Waals surface area contributed by atoms with Crippen molar-refractivity contribution >= 4 is 0 Å². The van der Waals surface area contributed by atoms with Gasteiger partial charge in [0.2, 0.25) is 0 Å². The molecule has 0 fully saturated rings. The molecular formula is C17H25NO3. The summed E-state index contributed by atoms with van der Waals surface area (Å²) in [5, 5.41) is 17.7. The molecule has 21 heavy (non-hydrogen) atoms. The molecule has 0 atom stereocenters. The Hall–Kier alpha value is -1.54. The van der Waals surface area contributed by atoms with Gasteiger partial charge >= 0.3 is 0 Å². The van der Waals surface area contributed by atoms with Crippen molar-refractivity contribution in [3.8, 4) is 17.6 Å². The van der Waals surface area contributed by atoms with Crippen LogP contribution in [0.2, 0.25) is 0 Å². The minimum Gasteiger partial charge on any atom is -0.492 e. The lowest BCUT2D eigenvalue weighted by atomic mass is 10.2. The number of hydrogen-bond donors (Lipinski definition) is 2. The normalized spacial score (nSPS) is 10.3. The molecule has 4 nitrogen and oxygen atoms in total. The predicted molar refractivity (Wildman–Crippen MR) is 84.3 cm³/mol. The minimum atomic E-state index is 0.0935. The molecule has 0 aliphatic carbocycles. The number of hydrogen-bond acceptors (Lipinski definition) is 4. The van der Waals surface area contributed by atoms with Gasteiger partial charge in [0.1, 0.15) is 12.4 Å². The third-order valence-electron chi connectivity index (χ3n) is 2.96. The number of rotatable bonds is 9. The SMILES string of the molecule is CCCN(CCO)CCOc1ccc(C#CCCO)cc1. The maximum atomic E-state index is 8.99. The minimum absolute atomic E-state index is 0.0935. The molecule has 0 aromatic heterocycles. The van der Waals surface area contributed by atoms with Crippen molar-refractivity contribution in [3.05, 3.63) is 29.8 Å². The van der Waals surface area contributed by atoms with Gasteiger partial charge in [0, 0.05) is 25.1 Å². The highest BCUT2D eigenvalue weighted by Gasteiger charge is 2.03. The topological polar surface area (TPSA) is 52.9 Å². The summed E-state index contributed by atoms with van der Waals surface area (Å²) in [5.41, 5.74) is 0.920. The molecule has 1 rings (SSSR count). The molecular weight excluding hydrogens is 266 g/mol. The van der Waals surface area contributed by atoms with Gasteiger partial charge in [0.15, 0.2) is 0 Å². The number of nitrogens with zero attached hydrogens (tertiary/aromatic N) is 1. The molecule has 116 valence electrons. The van der Waals surface area contributed by atoms with Crippen LogP contribution in [0.25, 0.3) is 0 Å². The summed E-state index contributed by atoms with van der Waals surface area (Å²) in [6, 6.07) is 7.63. The molecule has 1 aromatic carbocycles. The van der Waals surface area contributed by atoms with Gasteiger partial charge in [-0.2, -0.15) is 0 Å². The van der Waals surface area contributed by atoms with E-state index in [1.54, 1.807) is 0 Å². The van der Waals surface area contributed by atoms with Gasteiger partial charge in [-0.3, -0.25) is 4.90 Å². The Bertz CT molecular complexity index is 428. The van der Waals surface area contributed by atoms with Gasteiger partial charge in [-0.15, -0.1) is 0 Å². The molecule has 0 amide bonds. The van der Waals surface area contributed by atoms with Crippen molar-refractivity contribution in [1.82, 2.24) is 4.90 Å². The first-order valence-electron chi connectivity index (χ1n) is 7.46. The van der Waals surface area contributed by atoms with Crippen molar-refractivity contribution in [2.24, 2.45) is 0 Å². The van der Waals surface area contributed by atoms with Gasteiger partial charge in [0.05, 0.1) is 13.2 Å². The molecule has 0 aliphatic heterocycles. The first kappa shape index (κ1) is 17.5. The van der Waals surface area contributed by atoms with Crippen molar-refractivity contribution in [2.75, 3.05) is 39.5 Å². The molecule has 0 heterocycles. The zero-order valence-corrected chi connectivity index (χ0v) is 12.7. The first-order valence-corrected chi connectivity index (χ1v) is 7.46. The summed E-state index contributed by atoms with van der Waals surface area (Å²) < 4.78 is 5.70. The van der Waals surface area contributed by atoms with E-state index in [2.05, 4.69) is 23.7 Å². The van der Waals surface area contributed by atoms with E-state index in [-0.39, 0.29) is 13.2 Å². The summed E-state index contributed by atoms with van der Waals surface area (Å²) in [6.07, 6.45) is 1.57. The van der Waals surface area contributed by atoms with Crippen molar-refractivity contribution < 1.29 is 14.9 Å². The van der Waals surface area contributed by atoms with Crippen LogP contribution in [0.5, 0.6) is 5.75 Å². The molecule has 0 bridgehead atoms. The van der Waals surface area contributed by atoms with E-state index in [4.69, 9.17) is 14.9 Å². The third kappa shape index (κ3) is 7.72. The van der Waals surface area contributed by atoms with Gasteiger partial charge in [0.25, 0.3) is 0 Å². The zero-order valence-electron chi connectivity index (χ0n) is 12.7. The molecule has 0 saturated carbocycles. The Morgan fingerprint density at radius 2 is 1.81 bits per heavy atom. The Morgan fingerprint density at radius 1 is 1.05 bits per heavy atom. The van der Waals surface area contributed by atoms with Crippen molar-refractivity contribution in [3.63, 3.8) is 0 Å². The number of benzene rings is 1. The maximum absolute atomic E-state index is 8.99. The predicted octanol–water partition coefficient (Wildman–Crippen LogP) is 1.50. The monoisotopic (exact) mass is 291 g/mol. The van der Waals surface area contributed by atoms with Crippen molar-refractivity contribution in [2.45, 2.75) is 19.8 Å². The van der Waals surface area contributed by atoms with Crippen LogP contribution in [0.4, 0.5) is 0 Å². The van der Waals surface area contributed by atoms with E-state index >= 15 is 0 Å². The Morgan fingerprint density at radius 3 is 2.43 bits per heavy atom. The molecule has 2 N–H and O–H groups in total. The Balaban J connectivity index is 2.37. The molecule has 4 heteroatoms. The molecule has 0 unspecified atom stereocenters. The van der Waals surface area contributed by atoms with Crippen LogP contribution in [0.3, 0.4) is 0 Å². The largest absolute Gasteiger partial charge is 0.492 e. The second kappa shape index (κ2) is 11.2. The van der Waals surface area contributed by atoms with Crippen LogP contribution >= 0.6 is 0 Å². The van der Waals surface area contributed by atoms with E-state index in [0.29, 0.717) is 19.6 Å². The van der Waals surface area contributed by atoms with Crippen LogP contribution in [-0.2, 0) is 0 Å². The standard InChI is InChI=1S/C17H25NO3/c1-2-10-18(11-14-20)12-15-21-17-8-6-16(7-9-17)5-3-4-13-19/h6-9,19-20H,2,4,10-15H2,1H3. The third-order valence-corrected chi connectivity index (χ3v) is 2.96. The van der Waals surface area contributed by atoms with Crippen LogP contribution in [0.15, 0.2) is 24.3 Å². The zero-order chi connectivity index (χ0) is 15.3. The van der Waals surface area contributed by atoms with E-state index < -0.39 is 0 Å². The fraction of sp³-hybridized carbons (Fsp3) is 0.529. The van der Waals surface area contributed by atoms with E-state index in [1.165, 1.54) is 0 Å². The lowest BCUT2D eigenvalue weighted by Gasteiger charge is -2.20. The van der Waals surface area contributed by atoms with Crippen LogP contribution in [0.1, 0.15) is 25.3 Å². The molecule has 0 saturated heterocycles. The molecule has 0 radical (unpaired) electrons. The number of aliphatic hydroxyl groups is 2. The smallest absolute Gasteiger partial charge is 0.119 e. The van der Waals surface area contributed by atoms with Crippen molar-refractivity contribution in [1.29, 1.82) is 0 Å². The second-order valence-electron chi connectivity index (χ2n) is 4.71. The number of ether oxygens (including phenoxy) is 1. The quantitative estimate of drug-likeness (QED) is 0.677. The summed E-state index contributed by atoms with van der Waals surface area (Å²) in [5.74, 6) is 6.69. The van der Waals surface area contributed by atoms with E-state index in [0.717, 1.165) is 30.8 Å². The van der Waals surface area contributed by atoms with Gasteiger partial charge < -0.3 is 14.9 Å². The van der Waals surface area contributed by atoms with Crippen LogP contribution < -0.4 is 4.74 Å². The number of aliphatic hydroxyl groups excluding tert-OH is 2. The maximum Gasteiger partial charge on any atom is 0.119 e. The average molecular weight is 291 g/mol.